The van der Waals surface area contributed by atoms with E-state index in [0.717, 1.165) is 68.7 Å². The predicted octanol–water partition coefficient (Wildman–Crippen LogP) is 6.45. The fourth-order valence-corrected chi connectivity index (χ4v) is 10.7. The Morgan fingerprint density at radius 2 is 1.98 bits per heavy atom. The first kappa shape index (κ1) is 35.3. The maximum atomic E-state index is 14.4. The normalized spacial score (nSPS) is 34.4. The molecule has 2 saturated carbocycles. The monoisotopic (exact) mass is 724 g/mol. The number of allylic oxidation sites excluding steroid dienone is 1. The molecule has 2 bridgehead atoms. The Hall–Kier alpha value is -3.12. The van der Waals surface area contributed by atoms with Crippen molar-refractivity contribution in [1.82, 2.24) is 10.0 Å². The maximum Gasteiger partial charge on any atom is 0.327 e. The molecule has 2 heterocycles. The summed E-state index contributed by atoms with van der Waals surface area (Å²) in [5, 5.41) is 3.60. The topological polar surface area (TPSA) is 119 Å². The fraction of sp³-hybridized carbons (Fsp3) is 0.579. The first-order valence-electron chi connectivity index (χ1n) is 18.0. The molecule has 2 N–H and O–H groups in total. The van der Waals surface area contributed by atoms with Crippen LogP contribution in [0.2, 0.25) is 5.02 Å². The van der Waals surface area contributed by atoms with Gasteiger partial charge >= 0.3 is 6.03 Å². The lowest BCUT2D eigenvalue weighted by Crippen LogP contribution is -2.54. The summed E-state index contributed by atoms with van der Waals surface area (Å²) in [5.74, 6) is 0.699. The lowest BCUT2D eigenvalue weighted by Gasteiger charge is -2.46. The lowest BCUT2D eigenvalue weighted by atomic mass is 9.68. The first-order chi connectivity index (χ1) is 24.1. The highest BCUT2D eigenvalue weighted by molar-refractivity contribution is 7.92. The van der Waals surface area contributed by atoms with Gasteiger partial charge in [-0.05, 0) is 111 Å². The third-order valence-corrected chi connectivity index (χ3v) is 13.8. The Balaban J connectivity index is 1.27. The smallest absolute Gasteiger partial charge is 0.327 e. The Kier molecular flexibility index (Phi) is 10.2. The molecule has 270 valence electrons. The minimum Gasteiger partial charge on any atom is -0.490 e. The third kappa shape index (κ3) is 7.16. The number of anilines is 1. The molecular weight excluding hydrogens is 676 g/mol. The summed E-state index contributed by atoms with van der Waals surface area (Å²) < 4.78 is 39.4. The standard InChI is InChI=1S/C38H49ClN4O6S/c1-24-6-4-8-33(47-2)29-12-9-27(29)20-43-22-38(17-5-7-25-18-28(39)11-13-30(25)38)23-49-35-15-10-26(19-32(35)43)36(44)41-50(46,21-24)42-37(45)40-31-14-16-34(31)48-3/h4,8,10-11,13,15,18-19,24,27,29,31,33-34H,5-7,9,12,14,16-17,20-23H2,1-3H3,(H2,40,41,42,44,45,46)/b8-4+/t24-,27-,29+,31+,33-,34+,38-,50-/m0/s1. The molecule has 0 unspecified atom stereocenters. The van der Waals surface area contributed by atoms with Crippen molar-refractivity contribution in [3.63, 3.8) is 0 Å². The number of methoxy groups -OCH3 is 2. The second kappa shape index (κ2) is 14.5. The van der Waals surface area contributed by atoms with Crippen LogP contribution in [0.1, 0.15) is 73.4 Å². The first-order valence-corrected chi connectivity index (χ1v) is 20.1. The van der Waals surface area contributed by atoms with Gasteiger partial charge in [-0.3, -0.25) is 9.52 Å². The van der Waals surface area contributed by atoms with Crippen molar-refractivity contribution >= 4 is 39.1 Å². The fourth-order valence-electron chi connectivity index (χ4n) is 8.63. The second-order valence-corrected chi connectivity index (χ2v) is 17.4. The summed E-state index contributed by atoms with van der Waals surface area (Å²) in [7, 11) is -0.119. The van der Waals surface area contributed by atoms with Gasteiger partial charge in [0.15, 0.2) is 0 Å². The molecule has 50 heavy (non-hydrogen) atoms. The van der Waals surface area contributed by atoms with Crippen LogP contribution in [0.5, 0.6) is 5.75 Å². The number of halogens is 1. The van der Waals surface area contributed by atoms with E-state index in [1.807, 2.05) is 25.1 Å². The Morgan fingerprint density at radius 3 is 2.72 bits per heavy atom. The number of rotatable bonds is 4. The zero-order valence-corrected chi connectivity index (χ0v) is 30.8. The summed E-state index contributed by atoms with van der Waals surface area (Å²) in [5.41, 5.74) is 3.42. The number of carbonyl (C=O) groups is 2. The number of fused-ring (bicyclic) bond motifs is 4. The summed E-state index contributed by atoms with van der Waals surface area (Å²) in [6, 6.07) is 10.8. The van der Waals surface area contributed by atoms with Crippen molar-refractivity contribution in [2.45, 2.75) is 82.0 Å². The summed E-state index contributed by atoms with van der Waals surface area (Å²) >= 11 is 6.45. The largest absolute Gasteiger partial charge is 0.490 e. The van der Waals surface area contributed by atoms with Gasteiger partial charge in [-0.1, -0.05) is 36.7 Å². The number of amides is 3. The van der Waals surface area contributed by atoms with Crippen LogP contribution in [0.4, 0.5) is 10.5 Å². The van der Waals surface area contributed by atoms with Crippen LogP contribution < -0.4 is 19.7 Å². The van der Waals surface area contributed by atoms with Crippen LogP contribution in [0, 0.1) is 17.8 Å². The zero-order valence-electron chi connectivity index (χ0n) is 29.2. The average Bonchev–Trinajstić information content (AvgIpc) is 3.20. The van der Waals surface area contributed by atoms with Crippen LogP contribution in [-0.4, -0.2) is 74.1 Å². The third-order valence-electron chi connectivity index (χ3n) is 11.6. The summed E-state index contributed by atoms with van der Waals surface area (Å²) in [4.78, 5) is 29.5. The van der Waals surface area contributed by atoms with E-state index in [4.69, 9.17) is 25.8 Å². The number of carbonyl (C=O) groups excluding carboxylic acids is 2. The van der Waals surface area contributed by atoms with Gasteiger partial charge < -0.3 is 24.4 Å². The van der Waals surface area contributed by atoms with E-state index in [-0.39, 0.29) is 35.3 Å². The van der Waals surface area contributed by atoms with E-state index < -0.39 is 21.9 Å². The van der Waals surface area contributed by atoms with Gasteiger partial charge in [-0.25, -0.2) is 9.00 Å². The molecule has 0 aromatic heterocycles. The Bertz CT molecular complexity index is 1780. The van der Waals surface area contributed by atoms with E-state index in [1.165, 1.54) is 11.1 Å². The van der Waals surface area contributed by atoms with Crippen molar-refractivity contribution in [3.8, 4) is 5.75 Å². The molecule has 0 saturated heterocycles. The van der Waals surface area contributed by atoms with Gasteiger partial charge in [-0.15, -0.1) is 4.36 Å². The van der Waals surface area contributed by atoms with Crippen molar-refractivity contribution in [3.05, 3.63) is 70.3 Å². The van der Waals surface area contributed by atoms with Gasteiger partial charge in [0.1, 0.15) is 15.7 Å². The SMILES string of the molecule is CO[C@H]1/C=C/C[C@H](C)C[S@@](=O)(NC(=O)N[C@@H]2CC[C@H]2OC)=NC(=O)c2ccc3c(c2)N(C[C@@H]2CC[C@H]21)C[C@@]1(CCCc2cc(Cl)ccc21)CO3. The number of urea groups is 1. The number of nitrogens with one attached hydrogen (secondary N) is 2. The molecule has 2 fully saturated rings. The molecular formula is C38H49ClN4O6S. The van der Waals surface area contributed by atoms with Crippen molar-refractivity contribution in [2.24, 2.45) is 22.1 Å². The van der Waals surface area contributed by atoms with E-state index in [0.29, 0.717) is 36.2 Å². The lowest BCUT2D eigenvalue weighted by molar-refractivity contribution is 0.0111. The quantitative estimate of drug-likeness (QED) is 0.348. The second-order valence-electron chi connectivity index (χ2n) is 15.0. The Morgan fingerprint density at radius 1 is 1.12 bits per heavy atom. The number of hydrogen-bond acceptors (Lipinski definition) is 7. The highest BCUT2D eigenvalue weighted by atomic mass is 35.5. The maximum absolute atomic E-state index is 14.4. The molecule has 5 aliphatic rings. The average molecular weight is 725 g/mol. The molecule has 3 aliphatic carbocycles. The zero-order chi connectivity index (χ0) is 35.0. The van der Waals surface area contributed by atoms with Crippen LogP contribution in [-0.2, 0) is 31.2 Å². The number of aryl methyl sites for hydroxylation is 1. The molecule has 8 atom stereocenters. The highest BCUT2D eigenvalue weighted by Crippen LogP contribution is 2.47. The Labute approximate surface area is 300 Å². The van der Waals surface area contributed by atoms with Gasteiger partial charge in [-0.2, -0.15) is 0 Å². The van der Waals surface area contributed by atoms with Gasteiger partial charge in [0, 0.05) is 43.3 Å². The van der Waals surface area contributed by atoms with Crippen molar-refractivity contribution < 1.29 is 28.0 Å². The van der Waals surface area contributed by atoms with E-state index >= 15 is 0 Å². The summed E-state index contributed by atoms with van der Waals surface area (Å²) in [6.07, 6.45) is 11.4. The van der Waals surface area contributed by atoms with Crippen LogP contribution >= 0.6 is 11.6 Å². The molecule has 12 heteroatoms. The molecule has 2 aromatic carbocycles. The number of ether oxygens (including phenoxy) is 3. The van der Waals surface area contributed by atoms with Crippen molar-refractivity contribution in [1.29, 1.82) is 0 Å². The molecule has 2 aliphatic heterocycles. The van der Waals surface area contributed by atoms with Crippen LogP contribution in [0.15, 0.2) is 52.9 Å². The number of hydrogen-bond donors (Lipinski definition) is 2. The predicted molar refractivity (Wildman–Crippen MR) is 195 cm³/mol. The van der Waals surface area contributed by atoms with Crippen LogP contribution in [0.3, 0.4) is 0 Å². The van der Waals surface area contributed by atoms with E-state index in [2.05, 4.69) is 43.6 Å². The number of nitrogens with zero attached hydrogens (tertiary/aromatic N) is 2. The molecule has 3 amide bonds. The van der Waals surface area contributed by atoms with E-state index in [1.54, 1.807) is 20.3 Å². The molecule has 1 spiro atoms. The van der Waals surface area contributed by atoms with Crippen molar-refractivity contribution in [2.75, 3.05) is 44.6 Å². The minimum atomic E-state index is -3.49. The number of benzene rings is 2. The molecule has 10 nitrogen and oxygen atoms in total. The van der Waals surface area contributed by atoms with Gasteiger partial charge in [0.25, 0.3) is 5.91 Å². The molecule has 7 rings (SSSR count). The minimum absolute atomic E-state index is 0.0185. The van der Waals surface area contributed by atoms with Crippen LogP contribution in [0.25, 0.3) is 0 Å². The highest BCUT2D eigenvalue weighted by Gasteiger charge is 2.44. The molecule has 2 aromatic rings. The van der Waals surface area contributed by atoms with E-state index in [9.17, 15) is 13.8 Å². The molecule has 0 radical (unpaired) electrons. The van der Waals surface area contributed by atoms with Gasteiger partial charge in [0.05, 0.1) is 36.3 Å². The van der Waals surface area contributed by atoms with Gasteiger partial charge in [0.2, 0.25) is 0 Å². The summed E-state index contributed by atoms with van der Waals surface area (Å²) in [6.45, 7) is 3.97.